The average Bonchev–Trinajstić information content (AvgIpc) is 2.88. The zero-order chi connectivity index (χ0) is 27.4. The van der Waals surface area contributed by atoms with E-state index in [9.17, 15) is 9.59 Å². The van der Waals surface area contributed by atoms with Crippen molar-refractivity contribution in [1.82, 2.24) is 9.66 Å². The first-order valence-electron chi connectivity index (χ1n) is 11.9. The van der Waals surface area contributed by atoms with Crippen LogP contribution in [-0.4, -0.2) is 42.5 Å². The number of halogens is 2. The van der Waals surface area contributed by atoms with E-state index in [2.05, 4.69) is 31.3 Å². The van der Waals surface area contributed by atoms with Gasteiger partial charge in [-0.25, -0.2) is 4.98 Å². The van der Waals surface area contributed by atoms with Crippen molar-refractivity contribution in [1.29, 1.82) is 0 Å². The van der Waals surface area contributed by atoms with Crippen LogP contribution in [0.25, 0.3) is 10.9 Å². The van der Waals surface area contributed by atoms with Gasteiger partial charge in [-0.1, -0.05) is 41.4 Å². The molecule has 0 atom stereocenters. The normalized spacial score (nSPS) is 11.3. The van der Waals surface area contributed by atoms with Gasteiger partial charge in [0.1, 0.15) is 11.6 Å². The summed E-state index contributed by atoms with van der Waals surface area (Å²) < 4.78 is 8.00. The molecule has 1 amide bonds. The number of carbonyl (C=O) groups excluding carboxylic acids is 1. The van der Waals surface area contributed by atoms with Crippen LogP contribution < -0.4 is 20.5 Å². The Kier molecular flexibility index (Phi) is 8.48. The Morgan fingerprint density at radius 3 is 2.58 bits per heavy atom. The smallest absolute Gasteiger partial charge is 0.282 e. The summed E-state index contributed by atoms with van der Waals surface area (Å²) in [7, 11) is 3.82. The summed E-state index contributed by atoms with van der Waals surface area (Å²) in [5, 5.41) is 8.33. The Balaban J connectivity index is 1.65. The van der Waals surface area contributed by atoms with Gasteiger partial charge in [-0.05, 0) is 54.6 Å². The van der Waals surface area contributed by atoms with Crippen molar-refractivity contribution in [3.05, 3.63) is 91.9 Å². The van der Waals surface area contributed by atoms with E-state index in [1.165, 1.54) is 4.68 Å². The third-order valence-corrected chi connectivity index (χ3v) is 6.41. The topological polar surface area (TPSA) is 88.8 Å². The molecule has 3 aromatic carbocycles. The predicted molar refractivity (Wildman–Crippen MR) is 157 cm³/mol. The van der Waals surface area contributed by atoms with Gasteiger partial charge in [0.25, 0.3) is 11.5 Å². The van der Waals surface area contributed by atoms with Gasteiger partial charge >= 0.3 is 0 Å². The molecule has 4 aromatic rings. The van der Waals surface area contributed by atoms with Gasteiger partial charge in [0, 0.05) is 52.5 Å². The molecular weight excluding hydrogens is 570 g/mol. The molecule has 4 rings (SSSR count). The first kappa shape index (κ1) is 27.3. The summed E-state index contributed by atoms with van der Waals surface area (Å²) in [5.41, 5.74) is 2.44. The monoisotopic (exact) mass is 595 g/mol. The molecule has 0 saturated carbocycles. The summed E-state index contributed by atoms with van der Waals surface area (Å²) in [6.45, 7) is 3.69. The molecule has 0 aliphatic heterocycles. The van der Waals surface area contributed by atoms with Crippen molar-refractivity contribution in [2.45, 2.75) is 19.8 Å². The second-order valence-corrected chi connectivity index (χ2v) is 10.5. The molecule has 0 aliphatic carbocycles. The number of anilines is 2. The van der Waals surface area contributed by atoms with E-state index < -0.39 is 0 Å². The molecule has 196 valence electrons. The molecule has 1 N–H and O–H groups in total. The fourth-order valence-electron chi connectivity index (χ4n) is 3.68. The minimum atomic E-state index is -0.326. The van der Waals surface area contributed by atoms with E-state index in [0.29, 0.717) is 38.8 Å². The number of amides is 1. The molecule has 0 fully saturated rings. The van der Waals surface area contributed by atoms with Gasteiger partial charge in [-0.15, -0.1) is 0 Å². The van der Waals surface area contributed by atoms with Crippen LogP contribution in [0.2, 0.25) is 5.02 Å². The number of fused-ring (bicyclic) bond motifs is 1. The number of carbonyl (C=O) groups is 1. The maximum Gasteiger partial charge on any atom is 0.282 e. The Morgan fingerprint density at radius 1 is 1.16 bits per heavy atom. The first-order valence-corrected chi connectivity index (χ1v) is 13.1. The van der Waals surface area contributed by atoms with Crippen molar-refractivity contribution in [3.8, 4) is 5.75 Å². The molecule has 10 heteroatoms. The van der Waals surface area contributed by atoms with E-state index in [4.69, 9.17) is 16.3 Å². The number of benzene rings is 3. The van der Waals surface area contributed by atoms with E-state index in [0.717, 1.165) is 10.2 Å². The van der Waals surface area contributed by atoms with Gasteiger partial charge in [0.15, 0.2) is 6.61 Å². The molecular formula is C28H27BrClN5O3. The van der Waals surface area contributed by atoms with Crippen LogP contribution >= 0.6 is 27.5 Å². The zero-order valence-electron chi connectivity index (χ0n) is 21.4. The van der Waals surface area contributed by atoms with Gasteiger partial charge in [0.2, 0.25) is 0 Å². The van der Waals surface area contributed by atoms with Gasteiger partial charge in [-0.2, -0.15) is 9.78 Å². The van der Waals surface area contributed by atoms with Crippen molar-refractivity contribution in [3.63, 3.8) is 0 Å². The van der Waals surface area contributed by atoms with E-state index >= 15 is 0 Å². The van der Waals surface area contributed by atoms with Crippen LogP contribution in [0.15, 0.2) is 75.0 Å². The number of rotatable bonds is 8. The van der Waals surface area contributed by atoms with Gasteiger partial charge in [-0.3, -0.25) is 9.59 Å². The Hall–Kier alpha value is -3.69. The fourth-order valence-corrected chi connectivity index (χ4v) is 4.16. The van der Waals surface area contributed by atoms with Crippen molar-refractivity contribution in [2.75, 3.05) is 30.9 Å². The maximum absolute atomic E-state index is 13.4. The molecule has 1 aromatic heterocycles. The zero-order valence-corrected chi connectivity index (χ0v) is 23.7. The van der Waals surface area contributed by atoms with Crippen LogP contribution in [0.1, 0.15) is 31.2 Å². The van der Waals surface area contributed by atoms with Crippen LogP contribution in [0, 0.1) is 0 Å². The molecule has 0 spiro atoms. The molecule has 0 saturated heterocycles. The lowest BCUT2D eigenvalue weighted by atomic mass is 10.1. The number of hydrogen-bond acceptors (Lipinski definition) is 6. The fraction of sp³-hybridized carbons (Fsp3) is 0.214. The maximum atomic E-state index is 13.4. The summed E-state index contributed by atoms with van der Waals surface area (Å²) in [4.78, 5) is 32.5. The lowest BCUT2D eigenvalue weighted by Crippen LogP contribution is -2.23. The molecule has 38 heavy (non-hydrogen) atoms. The lowest BCUT2D eigenvalue weighted by Gasteiger charge is -2.16. The molecule has 0 radical (unpaired) electrons. The highest BCUT2D eigenvalue weighted by molar-refractivity contribution is 9.10. The third kappa shape index (κ3) is 6.41. The summed E-state index contributed by atoms with van der Waals surface area (Å²) in [6, 6.07) is 17.8. The number of ether oxygens (including phenoxy) is 1. The molecule has 1 heterocycles. The van der Waals surface area contributed by atoms with Crippen LogP contribution in [-0.2, 0) is 4.79 Å². The second-order valence-electron chi connectivity index (χ2n) is 9.11. The standard InChI is InChI=1S/C28H27BrClN5O3/c1-17(2)27-33-24-12-6-19(29)13-23(24)28(37)35(27)31-15-18-5-11-22(34(3)4)14-25(18)38-16-26(36)32-21-9-7-20(30)8-10-21/h5-15,17H,16H2,1-4H3,(H,32,36). The van der Waals surface area contributed by atoms with E-state index in [-0.39, 0.29) is 24.0 Å². The lowest BCUT2D eigenvalue weighted by molar-refractivity contribution is -0.118. The van der Waals surface area contributed by atoms with Crippen molar-refractivity contribution in [2.24, 2.45) is 5.10 Å². The quantitative estimate of drug-likeness (QED) is 0.256. The summed E-state index contributed by atoms with van der Waals surface area (Å²) in [5.74, 6) is 0.613. The van der Waals surface area contributed by atoms with E-state index in [1.54, 1.807) is 36.5 Å². The highest BCUT2D eigenvalue weighted by Crippen LogP contribution is 2.25. The SMILES string of the molecule is CC(C)c1nc2ccc(Br)cc2c(=O)n1N=Cc1ccc(N(C)C)cc1OCC(=O)Nc1ccc(Cl)cc1. The molecule has 0 aliphatic rings. The third-order valence-electron chi connectivity index (χ3n) is 5.66. The van der Waals surface area contributed by atoms with Crippen LogP contribution in [0.3, 0.4) is 0 Å². The number of nitrogens with zero attached hydrogens (tertiary/aromatic N) is 4. The van der Waals surface area contributed by atoms with Crippen LogP contribution in [0.5, 0.6) is 5.75 Å². The highest BCUT2D eigenvalue weighted by atomic mass is 79.9. The second kappa shape index (κ2) is 11.8. The van der Waals surface area contributed by atoms with Crippen LogP contribution in [0.4, 0.5) is 11.4 Å². The Morgan fingerprint density at radius 2 is 1.89 bits per heavy atom. The molecule has 0 unspecified atom stereocenters. The minimum Gasteiger partial charge on any atom is -0.483 e. The number of aromatic nitrogens is 2. The number of nitrogens with one attached hydrogen (secondary N) is 1. The number of hydrogen-bond donors (Lipinski definition) is 1. The summed E-state index contributed by atoms with van der Waals surface area (Å²) >= 11 is 9.33. The van der Waals surface area contributed by atoms with Gasteiger partial charge < -0.3 is 15.0 Å². The van der Waals surface area contributed by atoms with Crippen molar-refractivity contribution < 1.29 is 9.53 Å². The largest absolute Gasteiger partial charge is 0.483 e. The predicted octanol–water partition coefficient (Wildman–Crippen LogP) is 5.90. The Bertz CT molecular complexity index is 1570. The Labute approximate surface area is 234 Å². The molecule has 8 nitrogen and oxygen atoms in total. The first-order chi connectivity index (χ1) is 18.1. The van der Waals surface area contributed by atoms with Crippen molar-refractivity contribution >= 4 is 61.9 Å². The average molecular weight is 597 g/mol. The van der Waals surface area contributed by atoms with Gasteiger partial charge in [0.05, 0.1) is 17.1 Å². The minimum absolute atomic E-state index is 0.0451. The summed E-state index contributed by atoms with van der Waals surface area (Å²) in [6.07, 6.45) is 1.55. The highest BCUT2D eigenvalue weighted by Gasteiger charge is 2.15. The van der Waals surface area contributed by atoms with E-state index in [1.807, 2.05) is 63.2 Å². The molecule has 0 bridgehead atoms.